The van der Waals surface area contributed by atoms with Crippen LogP contribution in [0.3, 0.4) is 0 Å². The topological polar surface area (TPSA) is 108 Å². The van der Waals surface area contributed by atoms with E-state index in [-0.39, 0.29) is 29.2 Å². The molecule has 1 N–H and O–H groups in total. The Morgan fingerprint density at radius 2 is 1.64 bits per heavy atom. The van der Waals surface area contributed by atoms with Gasteiger partial charge in [-0.2, -0.15) is 0 Å². The summed E-state index contributed by atoms with van der Waals surface area (Å²) in [7, 11) is 0. The number of ether oxygens (including phenoxy) is 2. The van der Waals surface area contributed by atoms with Crippen molar-refractivity contribution in [2.24, 2.45) is 0 Å². The fourth-order valence-corrected chi connectivity index (χ4v) is 3.75. The summed E-state index contributed by atoms with van der Waals surface area (Å²) in [6.45, 7) is 1.57. The molecule has 9 heteroatoms. The molecule has 8 nitrogen and oxygen atoms in total. The molecule has 0 saturated heterocycles. The lowest BCUT2D eigenvalue weighted by Gasteiger charge is -2.09. The lowest BCUT2D eigenvalue weighted by Crippen LogP contribution is -2.20. The van der Waals surface area contributed by atoms with Crippen molar-refractivity contribution < 1.29 is 23.1 Å². The highest BCUT2D eigenvalue weighted by atomic mass is 35.5. The molecule has 1 amide bonds. The lowest BCUT2D eigenvalue weighted by atomic mass is 10.1. The minimum absolute atomic E-state index is 0.0344. The molecular weight excluding hydrogens is 486 g/mol. The molecule has 0 spiro atoms. The molecule has 0 unspecified atom stereocenters. The van der Waals surface area contributed by atoms with E-state index >= 15 is 0 Å². The molecule has 2 heterocycles. The van der Waals surface area contributed by atoms with Gasteiger partial charge in [-0.15, -0.1) is 0 Å². The van der Waals surface area contributed by atoms with Crippen LogP contribution in [0.2, 0.25) is 5.02 Å². The third-order valence-corrected chi connectivity index (χ3v) is 5.61. The predicted molar refractivity (Wildman–Crippen MR) is 135 cm³/mol. The van der Waals surface area contributed by atoms with Crippen LogP contribution in [-0.4, -0.2) is 12.5 Å². The standard InChI is InChI=1S/C27H18ClNO7/c1-15-10-26(31)36-23-12-19(7-8-20(15)23)35-24-13-34-22-11-18(6-9-21(22)27(24)32)33-14-25(30)29-17-4-2-16(28)3-5-17/h2-13H,14H2,1H3,(H,29,30). The maximum Gasteiger partial charge on any atom is 0.336 e. The number of hydrogen-bond acceptors (Lipinski definition) is 7. The summed E-state index contributed by atoms with van der Waals surface area (Å²) < 4.78 is 22.1. The third kappa shape index (κ3) is 4.94. The van der Waals surface area contributed by atoms with Gasteiger partial charge in [-0.3, -0.25) is 9.59 Å². The monoisotopic (exact) mass is 503 g/mol. The maximum atomic E-state index is 12.9. The van der Waals surface area contributed by atoms with Crippen LogP contribution in [0.25, 0.3) is 21.9 Å². The summed E-state index contributed by atoms with van der Waals surface area (Å²) in [6.07, 6.45) is 1.19. The van der Waals surface area contributed by atoms with Gasteiger partial charge in [0.25, 0.3) is 5.91 Å². The van der Waals surface area contributed by atoms with Gasteiger partial charge >= 0.3 is 5.63 Å². The molecule has 0 aliphatic carbocycles. The van der Waals surface area contributed by atoms with E-state index in [0.717, 1.165) is 10.9 Å². The van der Waals surface area contributed by atoms with Crippen LogP contribution in [0.4, 0.5) is 5.69 Å². The molecule has 2 aromatic heterocycles. The molecular formula is C27H18ClNO7. The van der Waals surface area contributed by atoms with Gasteiger partial charge in [0, 0.05) is 34.3 Å². The van der Waals surface area contributed by atoms with Crippen molar-refractivity contribution in [3.05, 3.63) is 104 Å². The summed E-state index contributed by atoms with van der Waals surface area (Å²) >= 11 is 5.84. The van der Waals surface area contributed by atoms with E-state index in [2.05, 4.69) is 5.32 Å². The Kier molecular flexibility index (Phi) is 6.18. The number of carbonyl (C=O) groups excluding carboxylic acids is 1. The summed E-state index contributed by atoms with van der Waals surface area (Å²) in [5.41, 5.74) is 1.12. The largest absolute Gasteiger partial charge is 0.484 e. The first-order valence-electron chi connectivity index (χ1n) is 10.8. The van der Waals surface area contributed by atoms with E-state index in [4.69, 9.17) is 29.9 Å². The molecule has 0 bridgehead atoms. The second kappa shape index (κ2) is 9.59. The molecule has 36 heavy (non-hydrogen) atoms. The van der Waals surface area contributed by atoms with Crippen LogP contribution in [0.5, 0.6) is 17.2 Å². The Labute approximate surface area is 208 Å². The van der Waals surface area contributed by atoms with Crippen molar-refractivity contribution >= 4 is 45.1 Å². The van der Waals surface area contributed by atoms with E-state index in [0.29, 0.717) is 27.8 Å². The first kappa shape index (κ1) is 23.2. The second-order valence-electron chi connectivity index (χ2n) is 7.94. The van der Waals surface area contributed by atoms with Crippen LogP contribution in [-0.2, 0) is 4.79 Å². The van der Waals surface area contributed by atoms with Crippen LogP contribution in [0.1, 0.15) is 5.56 Å². The molecule has 0 aliphatic heterocycles. The fourth-order valence-electron chi connectivity index (χ4n) is 3.63. The summed E-state index contributed by atoms with van der Waals surface area (Å²) in [6, 6.07) is 17.7. The van der Waals surface area contributed by atoms with Gasteiger partial charge in [0.2, 0.25) is 11.2 Å². The molecule has 180 valence electrons. The van der Waals surface area contributed by atoms with Crippen molar-refractivity contribution in [3.8, 4) is 17.2 Å². The number of amides is 1. The highest BCUT2D eigenvalue weighted by Gasteiger charge is 2.12. The SMILES string of the molecule is Cc1cc(=O)oc2cc(Oc3coc4cc(OCC(=O)Nc5ccc(Cl)cc5)ccc4c3=O)ccc12. The van der Waals surface area contributed by atoms with Crippen molar-refractivity contribution in [1.29, 1.82) is 0 Å². The number of aryl methyl sites for hydroxylation is 1. The van der Waals surface area contributed by atoms with Crippen molar-refractivity contribution in [2.45, 2.75) is 6.92 Å². The van der Waals surface area contributed by atoms with E-state index < -0.39 is 11.1 Å². The fraction of sp³-hybridized carbons (Fsp3) is 0.0741. The summed E-state index contributed by atoms with van der Waals surface area (Å²) in [5, 5.41) is 4.30. The lowest BCUT2D eigenvalue weighted by molar-refractivity contribution is -0.118. The van der Waals surface area contributed by atoms with Crippen LogP contribution < -0.4 is 25.8 Å². The number of rotatable bonds is 6. The molecule has 0 atom stereocenters. The van der Waals surface area contributed by atoms with Crippen molar-refractivity contribution in [1.82, 2.24) is 0 Å². The predicted octanol–water partition coefficient (Wildman–Crippen LogP) is 5.67. The molecule has 5 rings (SSSR count). The van der Waals surface area contributed by atoms with Gasteiger partial charge < -0.3 is 23.6 Å². The highest BCUT2D eigenvalue weighted by Crippen LogP contribution is 2.27. The van der Waals surface area contributed by atoms with Gasteiger partial charge in [0.15, 0.2) is 6.61 Å². The minimum atomic E-state index is -0.470. The number of hydrogen-bond donors (Lipinski definition) is 1. The Bertz CT molecular complexity index is 1720. The van der Waals surface area contributed by atoms with Crippen LogP contribution in [0.15, 0.2) is 91.4 Å². The summed E-state index contributed by atoms with van der Waals surface area (Å²) in [4.78, 5) is 36.7. The Hall–Kier alpha value is -4.56. The average molecular weight is 504 g/mol. The molecule has 3 aromatic carbocycles. The normalized spacial score (nSPS) is 10.9. The number of carbonyl (C=O) groups is 1. The number of benzene rings is 3. The van der Waals surface area contributed by atoms with Gasteiger partial charge in [-0.25, -0.2) is 4.79 Å². The molecule has 5 aromatic rings. The van der Waals surface area contributed by atoms with Gasteiger partial charge in [-0.1, -0.05) is 11.6 Å². The van der Waals surface area contributed by atoms with E-state index in [1.165, 1.54) is 24.5 Å². The quantitative estimate of drug-likeness (QED) is 0.297. The van der Waals surface area contributed by atoms with Crippen LogP contribution >= 0.6 is 11.6 Å². The minimum Gasteiger partial charge on any atom is -0.484 e. The zero-order chi connectivity index (χ0) is 25.2. The van der Waals surface area contributed by atoms with Gasteiger partial charge in [-0.05, 0) is 61.0 Å². The van der Waals surface area contributed by atoms with E-state index in [9.17, 15) is 14.4 Å². The first-order valence-corrected chi connectivity index (χ1v) is 11.2. The van der Waals surface area contributed by atoms with Gasteiger partial charge in [0.05, 0.1) is 5.39 Å². The van der Waals surface area contributed by atoms with E-state index in [1.54, 1.807) is 48.5 Å². The average Bonchev–Trinajstić information content (AvgIpc) is 2.85. The van der Waals surface area contributed by atoms with Crippen molar-refractivity contribution in [3.63, 3.8) is 0 Å². The number of anilines is 1. The number of nitrogens with one attached hydrogen (secondary N) is 1. The smallest absolute Gasteiger partial charge is 0.336 e. The number of fused-ring (bicyclic) bond motifs is 2. The molecule has 0 saturated carbocycles. The zero-order valence-electron chi connectivity index (χ0n) is 18.9. The first-order chi connectivity index (χ1) is 17.4. The number of halogens is 1. The zero-order valence-corrected chi connectivity index (χ0v) is 19.6. The Balaban J connectivity index is 1.31. The highest BCUT2D eigenvalue weighted by molar-refractivity contribution is 6.30. The third-order valence-electron chi connectivity index (χ3n) is 5.36. The van der Waals surface area contributed by atoms with Crippen LogP contribution in [0, 0.1) is 6.92 Å². The Morgan fingerprint density at radius 3 is 2.44 bits per heavy atom. The maximum absolute atomic E-state index is 12.9. The van der Waals surface area contributed by atoms with Gasteiger partial charge in [0.1, 0.15) is 28.9 Å². The van der Waals surface area contributed by atoms with Crippen molar-refractivity contribution in [2.75, 3.05) is 11.9 Å². The van der Waals surface area contributed by atoms with E-state index in [1.807, 2.05) is 6.92 Å². The summed E-state index contributed by atoms with van der Waals surface area (Å²) in [5.74, 6) is 0.275. The molecule has 0 aliphatic rings. The Morgan fingerprint density at radius 1 is 0.917 bits per heavy atom. The molecule has 0 radical (unpaired) electrons. The molecule has 0 fully saturated rings. The second-order valence-corrected chi connectivity index (χ2v) is 8.38.